The molecule has 0 saturated heterocycles. The van der Waals surface area contributed by atoms with Crippen LogP contribution in [-0.2, 0) is 12.8 Å². The standard InChI is InChI=1S/C22H21FN4O2/c1-10-2-6-13(21(23)26-10)16-8-15-12(9-25-16)5-7-14-17(22(28)29)20(27-19(14)15)18(24)11-3-4-11/h2,6,8-9,11,18,27H,3-5,7,24H2,1H3,(H,28,29). The molecule has 1 saturated carbocycles. The Hall–Kier alpha value is -3.06. The van der Waals surface area contributed by atoms with E-state index in [9.17, 15) is 14.3 Å². The van der Waals surface area contributed by atoms with Crippen LogP contribution in [-0.4, -0.2) is 26.0 Å². The third-order valence-electron chi connectivity index (χ3n) is 5.97. The smallest absolute Gasteiger partial charge is 0.337 e. The van der Waals surface area contributed by atoms with Crippen molar-refractivity contribution in [3.63, 3.8) is 0 Å². The average Bonchev–Trinajstić information content (AvgIpc) is 3.46. The highest BCUT2D eigenvalue weighted by Crippen LogP contribution is 2.44. The Kier molecular flexibility index (Phi) is 4.03. The van der Waals surface area contributed by atoms with Crippen molar-refractivity contribution in [1.29, 1.82) is 0 Å². The normalized spacial score (nSPS) is 16.2. The number of fused-ring (bicyclic) bond motifs is 3. The molecule has 1 atom stereocenters. The molecule has 0 spiro atoms. The number of nitrogens with two attached hydrogens (primary N) is 1. The third kappa shape index (κ3) is 2.93. The van der Waals surface area contributed by atoms with Gasteiger partial charge in [-0.15, -0.1) is 0 Å². The molecule has 0 bridgehead atoms. The predicted octanol–water partition coefficient (Wildman–Crippen LogP) is 3.79. The van der Waals surface area contributed by atoms with Crippen molar-refractivity contribution in [3.8, 4) is 22.5 Å². The molecule has 0 amide bonds. The van der Waals surface area contributed by atoms with Gasteiger partial charge in [0, 0.05) is 29.2 Å². The lowest BCUT2D eigenvalue weighted by Crippen LogP contribution is -2.17. The number of halogens is 1. The van der Waals surface area contributed by atoms with Gasteiger partial charge < -0.3 is 15.8 Å². The number of carboxylic acids is 1. The number of pyridine rings is 2. The summed E-state index contributed by atoms with van der Waals surface area (Å²) in [6.07, 6.45) is 5.08. The molecule has 3 aromatic rings. The van der Waals surface area contributed by atoms with Crippen LogP contribution in [0.3, 0.4) is 0 Å². The van der Waals surface area contributed by atoms with Crippen LogP contribution >= 0.6 is 0 Å². The first kappa shape index (κ1) is 18.0. The lowest BCUT2D eigenvalue weighted by molar-refractivity contribution is 0.0694. The molecule has 3 heterocycles. The van der Waals surface area contributed by atoms with E-state index in [4.69, 9.17) is 5.73 Å². The van der Waals surface area contributed by atoms with Gasteiger partial charge in [0.25, 0.3) is 0 Å². The van der Waals surface area contributed by atoms with Gasteiger partial charge in [0.15, 0.2) is 0 Å². The molecule has 4 N–H and O–H groups in total. The maximum atomic E-state index is 14.4. The number of hydrogen-bond acceptors (Lipinski definition) is 4. The Morgan fingerprint density at radius 2 is 2.10 bits per heavy atom. The maximum Gasteiger partial charge on any atom is 0.337 e. The van der Waals surface area contributed by atoms with Gasteiger partial charge in [-0.05, 0) is 67.9 Å². The summed E-state index contributed by atoms with van der Waals surface area (Å²) in [7, 11) is 0. The minimum Gasteiger partial charge on any atom is -0.478 e. The molecule has 2 aliphatic carbocycles. The Balaban J connectivity index is 1.66. The monoisotopic (exact) mass is 392 g/mol. The minimum absolute atomic E-state index is 0.298. The van der Waals surface area contributed by atoms with Crippen LogP contribution in [0, 0.1) is 18.8 Å². The zero-order valence-corrected chi connectivity index (χ0v) is 16.0. The number of carboxylic acid groups (broad SMARTS) is 1. The summed E-state index contributed by atoms with van der Waals surface area (Å²) in [4.78, 5) is 23.7. The number of nitrogens with zero attached hydrogens (tertiary/aromatic N) is 2. The quantitative estimate of drug-likeness (QED) is 0.586. The fraction of sp³-hybridized carbons (Fsp3) is 0.318. The largest absolute Gasteiger partial charge is 0.478 e. The number of nitrogens with one attached hydrogen (secondary N) is 1. The Bertz CT molecular complexity index is 1150. The highest BCUT2D eigenvalue weighted by atomic mass is 19.1. The van der Waals surface area contributed by atoms with Gasteiger partial charge in [0.05, 0.1) is 22.5 Å². The first-order chi connectivity index (χ1) is 13.9. The molecule has 1 fully saturated rings. The van der Waals surface area contributed by atoms with E-state index in [2.05, 4.69) is 15.0 Å². The molecule has 5 rings (SSSR count). The van der Waals surface area contributed by atoms with Crippen LogP contribution in [0.15, 0.2) is 24.4 Å². The summed E-state index contributed by atoms with van der Waals surface area (Å²) in [6, 6.07) is 4.92. The number of H-pyrrole nitrogens is 1. The number of carbonyl (C=O) groups is 1. The molecule has 3 aromatic heterocycles. The Morgan fingerprint density at radius 1 is 1.31 bits per heavy atom. The number of hydrogen-bond donors (Lipinski definition) is 3. The molecular formula is C22H21FN4O2. The van der Waals surface area contributed by atoms with E-state index >= 15 is 0 Å². The molecule has 0 radical (unpaired) electrons. The Labute approximate surface area is 167 Å². The molecular weight excluding hydrogens is 371 g/mol. The van der Waals surface area contributed by atoms with Crippen molar-refractivity contribution >= 4 is 5.97 Å². The average molecular weight is 392 g/mol. The van der Waals surface area contributed by atoms with Gasteiger partial charge in [-0.3, -0.25) is 4.98 Å². The number of aromatic nitrogens is 3. The fourth-order valence-electron chi connectivity index (χ4n) is 4.26. The zero-order chi connectivity index (χ0) is 20.3. The van der Waals surface area contributed by atoms with E-state index in [0.29, 0.717) is 47.0 Å². The van der Waals surface area contributed by atoms with Gasteiger partial charge >= 0.3 is 5.97 Å². The number of aromatic amines is 1. The van der Waals surface area contributed by atoms with E-state index in [1.807, 2.05) is 6.07 Å². The fourth-order valence-corrected chi connectivity index (χ4v) is 4.26. The van der Waals surface area contributed by atoms with Crippen molar-refractivity contribution in [3.05, 3.63) is 58.4 Å². The van der Waals surface area contributed by atoms with E-state index in [0.717, 1.165) is 35.2 Å². The molecule has 29 heavy (non-hydrogen) atoms. The lowest BCUT2D eigenvalue weighted by Gasteiger charge is -2.17. The number of rotatable bonds is 4. The molecule has 7 heteroatoms. The van der Waals surface area contributed by atoms with E-state index < -0.39 is 11.9 Å². The molecule has 0 aromatic carbocycles. The van der Waals surface area contributed by atoms with Crippen LogP contribution in [0.1, 0.15) is 51.8 Å². The predicted molar refractivity (Wildman–Crippen MR) is 106 cm³/mol. The number of aromatic carboxylic acids is 1. The Morgan fingerprint density at radius 3 is 2.79 bits per heavy atom. The van der Waals surface area contributed by atoms with E-state index in [-0.39, 0.29) is 6.04 Å². The topological polar surface area (TPSA) is 105 Å². The summed E-state index contributed by atoms with van der Waals surface area (Å²) in [5.41, 5.74) is 12.0. The summed E-state index contributed by atoms with van der Waals surface area (Å²) in [5, 5.41) is 9.86. The molecule has 1 unspecified atom stereocenters. The van der Waals surface area contributed by atoms with Gasteiger partial charge in [-0.1, -0.05) is 0 Å². The summed E-state index contributed by atoms with van der Waals surface area (Å²) >= 11 is 0. The van der Waals surface area contributed by atoms with Gasteiger partial charge in [-0.2, -0.15) is 4.39 Å². The lowest BCUT2D eigenvalue weighted by atomic mass is 9.88. The summed E-state index contributed by atoms with van der Waals surface area (Å²) < 4.78 is 14.4. The molecule has 6 nitrogen and oxygen atoms in total. The minimum atomic E-state index is -0.958. The first-order valence-electron chi connectivity index (χ1n) is 9.80. The summed E-state index contributed by atoms with van der Waals surface area (Å²) in [6.45, 7) is 1.73. The second-order valence-electron chi connectivity index (χ2n) is 7.95. The van der Waals surface area contributed by atoms with Crippen LogP contribution in [0.25, 0.3) is 22.5 Å². The third-order valence-corrected chi connectivity index (χ3v) is 5.97. The second-order valence-corrected chi connectivity index (χ2v) is 7.95. The van der Waals surface area contributed by atoms with Crippen LogP contribution in [0.2, 0.25) is 0 Å². The van der Waals surface area contributed by atoms with Crippen molar-refractivity contribution in [1.82, 2.24) is 15.0 Å². The van der Waals surface area contributed by atoms with Crippen LogP contribution in [0.4, 0.5) is 4.39 Å². The maximum absolute atomic E-state index is 14.4. The van der Waals surface area contributed by atoms with Crippen LogP contribution in [0.5, 0.6) is 0 Å². The van der Waals surface area contributed by atoms with Gasteiger partial charge in [0.1, 0.15) is 0 Å². The highest BCUT2D eigenvalue weighted by molar-refractivity contribution is 5.95. The van der Waals surface area contributed by atoms with Crippen molar-refractivity contribution in [2.75, 3.05) is 0 Å². The van der Waals surface area contributed by atoms with Gasteiger partial charge in [0.2, 0.25) is 5.95 Å². The van der Waals surface area contributed by atoms with Crippen molar-refractivity contribution < 1.29 is 14.3 Å². The zero-order valence-electron chi connectivity index (χ0n) is 16.0. The summed E-state index contributed by atoms with van der Waals surface area (Å²) in [5.74, 6) is -1.20. The van der Waals surface area contributed by atoms with E-state index in [1.54, 1.807) is 25.3 Å². The SMILES string of the molecule is Cc1ccc(-c2cc3c(cn2)CCc2c-3[nH]c(C(N)C3CC3)c2C(=O)O)c(F)n1. The van der Waals surface area contributed by atoms with Gasteiger partial charge in [-0.25, -0.2) is 9.78 Å². The first-order valence-corrected chi connectivity index (χ1v) is 9.80. The molecule has 148 valence electrons. The van der Waals surface area contributed by atoms with Crippen molar-refractivity contribution in [2.24, 2.45) is 11.7 Å². The molecule has 2 aliphatic rings. The van der Waals surface area contributed by atoms with Crippen LogP contribution < -0.4 is 5.73 Å². The highest BCUT2D eigenvalue weighted by Gasteiger charge is 2.36. The van der Waals surface area contributed by atoms with E-state index in [1.165, 1.54) is 0 Å². The second kappa shape index (κ2) is 6.49. The number of aryl methyl sites for hydroxylation is 2. The van der Waals surface area contributed by atoms with Crippen molar-refractivity contribution in [2.45, 2.75) is 38.6 Å². The molecule has 0 aliphatic heterocycles.